The second-order valence-electron chi connectivity index (χ2n) is 5.16. The van der Waals surface area contributed by atoms with Gasteiger partial charge in [-0.05, 0) is 30.7 Å². The van der Waals surface area contributed by atoms with Crippen LogP contribution in [-0.2, 0) is 6.54 Å². The lowest BCUT2D eigenvalue weighted by Crippen LogP contribution is -2.14. The molecule has 3 aromatic rings. The average Bonchev–Trinajstić information content (AvgIpc) is 3.27. The Morgan fingerprint density at radius 2 is 2.21 bits per heavy atom. The Morgan fingerprint density at radius 1 is 1.33 bits per heavy atom. The number of nitrogens with zero attached hydrogens (tertiary/aromatic N) is 4. The number of nitrogens with one attached hydrogen (secondary N) is 1. The van der Waals surface area contributed by atoms with Crippen LogP contribution in [0, 0.1) is 0 Å². The van der Waals surface area contributed by atoms with Crippen LogP contribution in [-0.4, -0.2) is 38.7 Å². The zero-order valence-electron chi connectivity index (χ0n) is 13.6. The zero-order chi connectivity index (χ0) is 16.9. The van der Waals surface area contributed by atoms with Crippen molar-refractivity contribution < 1.29 is 9.47 Å². The van der Waals surface area contributed by atoms with Crippen LogP contribution in [0.3, 0.4) is 0 Å². The fraction of sp³-hybridized carbons (Fsp3) is 0.312. The predicted molar refractivity (Wildman–Crippen MR) is 87.9 cm³/mol. The molecule has 0 fully saturated rings. The Morgan fingerprint density at radius 3 is 2.92 bits per heavy atom. The second kappa shape index (κ2) is 7.14. The highest BCUT2D eigenvalue weighted by Crippen LogP contribution is 2.30. The summed E-state index contributed by atoms with van der Waals surface area (Å²) in [6, 6.07) is 6.97. The number of nitrogens with two attached hydrogens (primary N) is 1. The zero-order valence-corrected chi connectivity index (χ0v) is 13.6. The van der Waals surface area contributed by atoms with Crippen LogP contribution >= 0.6 is 0 Å². The lowest BCUT2D eigenvalue weighted by atomic mass is 10.1. The van der Waals surface area contributed by atoms with Gasteiger partial charge in [-0.15, -0.1) is 0 Å². The highest BCUT2D eigenvalue weighted by atomic mass is 16.5. The van der Waals surface area contributed by atoms with E-state index in [1.54, 1.807) is 18.0 Å². The summed E-state index contributed by atoms with van der Waals surface area (Å²) in [5, 5.41) is 11.3. The standard InChI is InChI=1S/C16H20N6O2/c1-3-24-13-9-11(5-6-12(13)23-2)15(17)16-19-14(20-21-16)10-22-8-4-7-18-22/h4-9,15H,3,10,17H2,1-2H3,(H,19,20,21)/t15-/m0/s1. The Bertz CT molecular complexity index is 784. The monoisotopic (exact) mass is 328 g/mol. The molecule has 126 valence electrons. The van der Waals surface area contributed by atoms with Crippen LogP contribution in [0.4, 0.5) is 0 Å². The third-order valence-corrected chi connectivity index (χ3v) is 3.54. The van der Waals surface area contributed by atoms with Crippen LogP contribution in [0.15, 0.2) is 36.7 Å². The molecule has 0 spiro atoms. The lowest BCUT2D eigenvalue weighted by molar-refractivity contribution is 0.310. The van der Waals surface area contributed by atoms with Crippen LogP contribution in [0.2, 0.25) is 0 Å². The number of H-pyrrole nitrogens is 1. The molecule has 8 nitrogen and oxygen atoms in total. The fourth-order valence-corrected chi connectivity index (χ4v) is 2.37. The van der Waals surface area contributed by atoms with Gasteiger partial charge in [0.2, 0.25) is 0 Å². The molecule has 0 aliphatic carbocycles. The van der Waals surface area contributed by atoms with E-state index >= 15 is 0 Å². The molecule has 0 radical (unpaired) electrons. The van der Waals surface area contributed by atoms with E-state index in [1.807, 2.05) is 37.4 Å². The number of rotatable bonds is 7. The number of aromatic amines is 1. The molecule has 0 unspecified atom stereocenters. The minimum atomic E-state index is -0.460. The first-order valence-electron chi connectivity index (χ1n) is 7.66. The van der Waals surface area contributed by atoms with Gasteiger partial charge in [-0.25, -0.2) is 4.98 Å². The molecule has 0 aliphatic rings. The Kier molecular flexibility index (Phi) is 4.76. The minimum Gasteiger partial charge on any atom is -0.493 e. The first-order valence-corrected chi connectivity index (χ1v) is 7.66. The van der Waals surface area contributed by atoms with Gasteiger partial charge in [-0.3, -0.25) is 9.78 Å². The molecule has 0 saturated heterocycles. The van der Waals surface area contributed by atoms with Crippen molar-refractivity contribution in [2.24, 2.45) is 5.73 Å². The molecule has 0 bridgehead atoms. The van der Waals surface area contributed by atoms with Crippen molar-refractivity contribution in [2.75, 3.05) is 13.7 Å². The fourth-order valence-electron chi connectivity index (χ4n) is 2.37. The first-order chi connectivity index (χ1) is 11.7. The minimum absolute atomic E-state index is 0.460. The summed E-state index contributed by atoms with van der Waals surface area (Å²) in [6.45, 7) is 2.98. The van der Waals surface area contributed by atoms with Gasteiger partial charge in [0.05, 0.1) is 19.8 Å². The van der Waals surface area contributed by atoms with Crippen LogP contribution in [0.1, 0.15) is 30.2 Å². The maximum atomic E-state index is 6.30. The van der Waals surface area contributed by atoms with Gasteiger partial charge >= 0.3 is 0 Å². The van der Waals surface area contributed by atoms with Gasteiger partial charge in [-0.2, -0.15) is 10.2 Å². The number of benzene rings is 1. The summed E-state index contributed by atoms with van der Waals surface area (Å²) in [5.41, 5.74) is 7.15. The molecular formula is C16H20N6O2. The molecular weight excluding hydrogens is 308 g/mol. The highest BCUT2D eigenvalue weighted by molar-refractivity contribution is 5.44. The van der Waals surface area contributed by atoms with Crippen molar-refractivity contribution in [3.05, 3.63) is 53.9 Å². The molecule has 1 aromatic carbocycles. The summed E-state index contributed by atoms with van der Waals surface area (Å²) >= 11 is 0. The van der Waals surface area contributed by atoms with E-state index in [0.29, 0.717) is 36.3 Å². The van der Waals surface area contributed by atoms with Crippen LogP contribution in [0.5, 0.6) is 11.5 Å². The number of ether oxygens (including phenoxy) is 2. The van der Waals surface area contributed by atoms with E-state index in [9.17, 15) is 0 Å². The van der Waals surface area contributed by atoms with E-state index in [-0.39, 0.29) is 0 Å². The molecule has 3 rings (SSSR count). The summed E-state index contributed by atoms with van der Waals surface area (Å²) in [7, 11) is 1.61. The molecule has 24 heavy (non-hydrogen) atoms. The van der Waals surface area contributed by atoms with Gasteiger partial charge < -0.3 is 15.2 Å². The third kappa shape index (κ3) is 3.38. The topological polar surface area (TPSA) is 104 Å². The number of methoxy groups -OCH3 is 1. The Balaban J connectivity index is 1.80. The highest BCUT2D eigenvalue weighted by Gasteiger charge is 2.17. The van der Waals surface area contributed by atoms with Gasteiger partial charge in [0.25, 0.3) is 0 Å². The number of aromatic nitrogens is 5. The normalized spacial score (nSPS) is 12.1. The number of hydrogen-bond acceptors (Lipinski definition) is 6. The molecule has 2 aromatic heterocycles. The Labute approximate surface area is 139 Å². The van der Waals surface area contributed by atoms with E-state index < -0.39 is 6.04 Å². The van der Waals surface area contributed by atoms with E-state index in [0.717, 1.165) is 5.56 Å². The van der Waals surface area contributed by atoms with Gasteiger partial charge in [-0.1, -0.05) is 6.07 Å². The van der Waals surface area contributed by atoms with Gasteiger partial charge in [0.1, 0.15) is 12.4 Å². The lowest BCUT2D eigenvalue weighted by Gasteiger charge is -2.13. The van der Waals surface area contributed by atoms with Crippen LogP contribution in [0.25, 0.3) is 0 Å². The molecule has 0 aliphatic heterocycles. The van der Waals surface area contributed by atoms with Crippen molar-refractivity contribution >= 4 is 0 Å². The SMILES string of the molecule is CCOc1cc([C@H](N)c2n[nH]c(Cn3cccn3)n2)ccc1OC. The molecule has 2 heterocycles. The summed E-state index contributed by atoms with van der Waals surface area (Å²) in [6.07, 6.45) is 3.58. The Hall–Kier alpha value is -2.87. The van der Waals surface area contributed by atoms with Gasteiger partial charge in [0, 0.05) is 12.4 Å². The largest absolute Gasteiger partial charge is 0.493 e. The van der Waals surface area contributed by atoms with Crippen LogP contribution < -0.4 is 15.2 Å². The number of hydrogen-bond donors (Lipinski definition) is 2. The second-order valence-corrected chi connectivity index (χ2v) is 5.16. The van der Waals surface area contributed by atoms with E-state index in [4.69, 9.17) is 15.2 Å². The first kappa shape index (κ1) is 16.0. The molecule has 8 heteroatoms. The van der Waals surface area contributed by atoms with Crippen molar-refractivity contribution in [2.45, 2.75) is 19.5 Å². The summed E-state index contributed by atoms with van der Waals surface area (Å²) in [4.78, 5) is 4.46. The average molecular weight is 328 g/mol. The maximum absolute atomic E-state index is 6.30. The summed E-state index contributed by atoms with van der Waals surface area (Å²) < 4.78 is 12.6. The van der Waals surface area contributed by atoms with E-state index in [1.165, 1.54) is 0 Å². The van der Waals surface area contributed by atoms with Crippen molar-refractivity contribution in [3.63, 3.8) is 0 Å². The van der Waals surface area contributed by atoms with E-state index in [2.05, 4.69) is 20.3 Å². The van der Waals surface area contributed by atoms with Crippen molar-refractivity contribution in [1.29, 1.82) is 0 Å². The molecule has 0 saturated carbocycles. The third-order valence-electron chi connectivity index (χ3n) is 3.54. The molecule has 1 atom stereocenters. The smallest absolute Gasteiger partial charge is 0.171 e. The quantitative estimate of drug-likeness (QED) is 0.681. The van der Waals surface area contributed by atoms with Crippen molar-refractivity contribution in [3.8, 4) is 11.5 Å². The maximum Gasteiger partial charge on any atom is 0.171 e. The predicted octanol–water partition coefficient (Wildman–Crippen LogP) is 1.50. The summed E-state index contributed by atoms with van der Waals surface area (Å²) in [5.74, 6) is 2.54. The molecule has 3 N–H and O–H groups in total. The van der Waals surface area contributed by atoms with Gasteiger partial charge in [0.15, 0.2) is 17.3 Å². The molecule has 0 amide bonds. The van der Waals surface area contributed by atoms with Crippen molar-refractivity contribution in [1.82, 2.24) is 25.0 Å².